The monoisotopic (exact) mass is 451 g/mol. The summed E-state index contributed by atoms with van der Waals surface area (Å²) >= 11 is 0. The molecular weight excluding hydrogens is 422 g/mol. The summed E-state index contributed by atoms with van der Waals surface area (Å²) in [5.74, 6) is 1.15. The fraction of sp³-hybridized carbons (Fsp3) is 0.143. The Morgan fingerprint density at radius 3 is 2.38 bits per heavy atom. The van der Waals surface area contributed by atoms with Crippen molar-refractivity contribution < 1.29 is 4.74 Å². The number of nitrogen functional groups attached to an aromatic ring is 1. The van der Waals surface area contributed by atoms with E-state index in [4.69, 9.17) is 21.2 Å². The Labute approximate surface area is 199 Å². The van der Waals surface area contributed by atoms with Gasteiger partial charge >= 0.3 is 0 Å². The maximum Gasteiger partial charge on any atom is 0.153 e. The smallest absolute Gasteiger partial charge is 0.153 e. The molecule has 0 aliphatic heterocycles. The van der Waals surface area contributed by atoms with Crippen LogP contribution in [0.15, 0.2) is 91.1 Å². The highest BCUT2D eigenvalue weighted by Gasteiger charge is 2.14. The molecule has 2 aromatic heterocycles. The first kappa shape index (κ1) is 23.0. The zero-order chi connectivity index (χ0) is 22.6. The molecule has 1 atom stereocenters. The molecule has 5 rings (SSSR count). The third-order valence-electron chi connectivity index (χ3n) is 5.62. The molecule has 2 heterocycles. The Balaban J connectivity index is 0.00000274. The number of ether oxygens (including phenoxy) is 1. The Bertz CT molecular complexity index is 1370. The lowest BCUT2D eigenvalue weighted by atomic mass is 9.98. The molecular formula is C28H29N5O. The number of hydrogen-bond donors (Lipinski definition) is 3. The van der Waals surface area contributed by atoms with Crippen LogP contribution in [0.1, 0.15) is 13.0 Å². The van der Waals surface area contributed by atoms with Gasteiger partial charge in [0.25, 0.3) is 0 Å². The summed E-state index contributed by atoms with van der Waals surface area (Å²) in [4.78, 5) is 4.76. The molecule has 0 unspecified atom stereocenters. The zero-order valence-electron chi connectivity index (χ0n) is 18.1. The molecule has 3 aromatic carbocycles. The predicted octanol–water partition coefficient (Wildman–Crippen LogP) is 5.46. The quantitative estimate of drug-likeness (QED) is 0.305. The molecule has 5 N–H and O–H groups in total. The van der Waals surface area contributed by atoms with E-state index in [1.54, 1.807) is 6.20 Å². The standard InChI is InChI=1S/C27H25N5O.CH4/c28-21(13-18-7-3-1-4-8-18)17-33-22-15-23(26(30-16-22)19-9-5-2-6-10-19)20-11-12-25-24(14-20)27(29)32-31-25;/h1-12,14-16,21H,13,17,28H2,(H3,29,31,32);1H4/t21-;/m0./s1. The van der Waals surface area contributed by atoms with Crippen LogP contribution in [-0.2, 0) is 6.42 Å². The van der Waals surface area contributed by atoms with E-state index < -0.39 is 0 Å². The van der Waals surface area contributed by atoms with Crippen LogP contribution in [0.2, 0.25) is 0 Å². The molecule has 172 valence electrons. The highest BCUT2D eigenvalue weighted by molar-refractivity contribution is 5.94. The number of anilines is 1. The number of nitrogens with one attached hydrogen (secondary N) is 1. The minimum atomic E-state index is -0.119. The summed E-state index contributed by atoms with van der Waals surface area (Å²) in [5, 5.41) is 7.94. The van der Waals surface area contributed by atoms with Crippen molar-refractivity contribution in [3.63, 3.8) is 0 Å². The van der Waals surface area contributed by atoms with Crippen LogP contribution >= 0.6 is 0 Å². The van der Waals surface area contributed by atoms with Crippen molar-refractivity contribution in [2.75, 3.05) is 12.3 Å². The minimum absolute atomic E-state index is 0. The lowest BCUT2D eigenvalue weighted by Crippen LogP contribution is -2.30. The SMILES string of the molecule is C.Nc1n[nH]c2ccc(-c3cc(OC[C@@H](N)Cc4ccccc4)cnc3-c3ccccc3)cc12. The van der Waals surface area contributed by atoms with Crippen LogP contribution < -0.4 is 16.2 Å². The van der Waals surface area contributed by atoms with Crippen molar-refractivity contribution in [2.45, 2.75) is 19.9 Å². The fourth-order valence-electron chi connectivity index (χ4n) is 3.95. The summed E-state index contributed by atoms with van der Waals surface area (Å²) in [6, 6.07) is 28.2. The number of benzene rings is 3. The van der Waals surface area contributed by atoms with Crippen LogP contribution in [0.3, 0.4) is 0 Å². The second kappa shape index (κ2) is 10.2. The Morgan fingerprint density at radius 1 is 0.882 bits per heavy atom. The molecule has 0 bridgehead atoms. The van der Waals surface area contributed by atoms with Gasteiger partial charge in [-0.1, -0.05) is 74.2 Å². The zero-order valence-corrected chi connectivity index (χ0v) is 18.1. The third kappa shape index (κ3) is 4.92. The van der Waals surface area contributed by atoms with Gasteiger partial charge in [0.1, 0.15) is 12.4 Å². The normalized spacial score (nSPS) is 11.7. The number of hydrogen-bond acceptors (Lipinski definition) is 5. The summed E-state index contributed by atoms with van der Waals surface area (Å²) < 4.78 is 6.06. The van der Waals surface area contributed by atoms with E-state index in [0.717, 1.165) is 39.7 Å². The lowest BCUT2D eigenvalue weighted by molar-refractivity contribution is 0.287. The number of fused-ring (bicyclic) bond motifs is 1. The maximum absolute atomic E-state index is 6.32. The molecule has 0 saturated carbocycles. The number of nitrogens with two attached hydrogens (primary N) is 2. The molecule has 0 amide bonds. The molecule has 0 saturated heterocycles. The Morgan fingerprint density at radius 2 is 1.62 bits per heavy atom. The Hall–Kier alpha value is -4.16. The molecule has 0 aliphatic rings. The van der Waals surface area contributed by atoms with Gasteiger partial charge in [0.05, 0.1) is 17.4 Å². The summed E-state index contributed by atoms with van der Waals surface area (Å²) in [6.45, 7) is 0.397. The molecule has 0 aliphatic carbocycles. The van der Waals surface area contributed by atoms with E-state index in [9.17, 15) is 0 Å². The van der Waals surface area contributed by atoms with Crippen molar-refractivity contribution >= 4 is 16.7 Å². The maximum atomic E-state index is 6.32. The number of rotatable bonds is 7. The summed E-state index contributed by atoms with van der Waals surface area (Å²) in [7, 11) is 0. The van der Waals surface area contributed by atoms with E-state index in [-0.39, 0.29) is 13.5 Å². The first-order valence-corrected chi connectivity index (χ1v) is 10.9. The number of nitrogens with zero attached hydrogens (tertiary/aromatic N) is 2. The molecule has 6 heteroatoms. The van der Waals surface area contributed by atoms with Crippen molar-refractivity contribution in [1.29, 1.82) is 0 Å². The number of aromatic nitrogens is 3. The Kier molecular flexibility index (Phi) is 6.90. The molecule has 0 radical (unpaired) electrons. The summed E-state index contributed by atoms with van der Waals surface area (Å²) in [5.41, 5.74) is 18.3. The molecule has 6 nitrogen and oxygen atoms in total. The van der Waals surface area contributed by atoms with Crippen molar-refractivity contribution in [2.24, 2.45) is 5.73 Å². The highest BCUT2D eigenvalue weighted by atomic mass is 16.5. The first-order chi connectivity index (χ1) is 16.2. The largest absolute Gasteiger partial charge is 0.490 e. The van der Waals surface area contributed by atoms with Gasteiger partial charge in [-0.15, -0.1) is 0 Å². The minimum Gasteiger partial charge on any atom is -0.490 e. The second-order valence-electron chi connectivity index (χ2n) is 8.06. The van der Waals surface area contributed by atoms with Gasteiger partial charge in [0.2, 0.25) is 0 Å². The number of H-pyrrole nitrogens is 1. The van der Waals surface area contributed by atoms with Gasteiger partial charge in [-0.25, -0.2) is 0 Å². The average molecular weight is 452 g/mol. The van der Waals surface area contributed by atoms with Gasteiger partial charge in [0, 0.05) is 22.6 Å². The lowest BCUT2D eigenvalue weighted by Gasteiger charge is -2.16. The van der Waals surface area contributed by atoms with Crippen molar-refractivity contribution in [3.8, 4) is 28.1 Å². The van der Waals surface area contributed by atoms with Crippen LogP contribution in [-0.4, -0.2) is 27.8 Å². The van der Waals surface area contributed by atoms with Gasteiger partial charge in [-0.2, -0.15) is 5.10 Å². The molecule has 5 aromatic rings. The highest BCUT2D eigenvalue weighted by Crippen LogP contribution is 2.35. The third-order valence-corrected chi connectivity index (χ3v) is 5.62. The molecule has 34 heavy (non-hydrogen) atoms. The second-order valence-corrected chi connectivity index (χ2v) is 8.06. The van der Waals surface area contributed by atoms with Gasteiger partial charge < -0.3 is 16.2 Å². The van der Waals surface area contributed by atoms with Crippen LogP contribution in [0.5, 0.6) is 5.75 Å². The van der Waals surface area contributed by atoms with E-state index in [1.807, 2.05) is 72.8 Å². The van der Waals surface area contributed by atoms with Gasteiger partial charge in [-0.3, -0.25) is 10.1 Å². The van der Waals surface area contributed by atoms with E-state index in [0.29, 0.717) is 18.2 Å². The van der Waals surface area contributed by atoms with Crippen LogP contribution in [0.25, 0.3) is 33.3 Å². The average Bonchev–Trinajstić information content (AvgIpc) is 3.24. The van der Waals surface area contributed by atoms with Crippen LogP contribution in [0, 0.1) is 0 Å². The fourth-order valence-corrected chi connectivity index (χ4v) is 3.95. The first-order valence-electron chi connectivity index (χ1n) is 10.9. The van der Waals surface area contributed by atoms with Crippen LogP contribution in [0.4, 0.5) is 5.82 Å². The number of aromatic amines is 1. The molecule has 0 spiro atoms. The molecule has 0 fully saturated rings. The van der Waals surface area contributed by atoms with Gasteiger partial charge in [0.15, 0.2) is 5.82 Å². The number of pyridine rings is 1. The van der Waals surface area contributed by atoms with Crippen molar-refractivity contribution in [1.82, 2.24) is 15.2 Å². The van der Waals surface area contributed by atoms with E-state index >= 15 is 0 Å². The summed E-state index contributed by atoms with van der Waals surface area (Å²) in [6.07, 6.45) is 2.51. The topological polar surface area (TPSA) is 103 Å². The van der Waals surface area contributed by atoms with Gasteiger partial charge in [-0.05, 0) is 35.7 Å². The van der Waals surface area contributed by atoms with Crippen molar-refractivity contribution in [3.05, 3.63) is 96.7 Å². The van der Waals surface area contributed by atoms with E-state index in [2.05, 4.69) is 22.3 Å². The van der Waals surface area contributed by atoms with E-state index in [1.165, 1.54) is 5.56 Å². The predicted molar refractivity (Wildman–Crippen MR) is 140 cm³/mol.